The molecule has 1 fully saturated rings. The van der Waals surface area contributed by atoms with Gasteiger partial charge in [-0.3, -0.25) is 4.90 Å². The van der Waals surface area contributed by atoms with Crippen molar-refractivity contribution in [2.75, 3.05) is 19.6 Å². The zero-order valence-electron chi connectivity index (χ0n) is 8.64. The zero-order valence-corrected chi connectivity index (χ0v) is 8.64. The number of likely N-dealkylation sites (tertiary alicyclic amines) is 1. The van der Waals surface area contributed by atoms with E-state index in [9.17, 15) is 0 Å². The highest BCUT2D eigenvalue weighted by atomic mass is 15.2. The van der Waals surface area contributed by atoms with Crippen LogP contribution in [-0.4, -0.2) is 36.6 Å². The first kappa shape index (κ1) is 10.0. The second kappa shape index (κ2) is 4.83. The van der Waals surface area contributed by atoms with Crippen molar-refractivity contribution in [2.45, 2.75) is 45.7 Å². The summed E-state index contributed by atoms with van der Waals surface area (Å²) >= 11 is 0. The molecule has 2 nitrogen and oxygen atoms in total. The summed E-state index contributed by atoms with van der Waals surface area (Å²) in [6.07, 6.45) is 2.58. The van der Waals surface area contributed by atoms with Crippen LogP contribution >= 0.6 is 0 Å². The Labute approximate surface area is 76.3 Å². The standard InChI is InChI=1S/C10H22N2/c1-4-6-11-10-5-7-12(8-10)9(2)3/h9-11H,4-8H2,1-3H3. The van der Waals surface area contributed by atoms with Crippen LogP contribution in [0.5, 0.6) is 0 Å². The van der Waals surface area contributed by atoms with Crippen molar-refractivity contribution in [3.8, 4) is 0 Å². The lowest BCUT2D eigenvalue weighted by molar-refractivity contribution is 0.268. The van der Waals surface area contributed by atoms with Gasteiger partial charge >= 0.3 is 0 Å². The van der Waals surface area contributed by atoms with E-state index in [0.29, 0.717) is 0 Å². The highest BCUT2D eigenvalue weighted by molar-refractivity contribution is 4.82. The van der Waals surface area contributed by atoms with E-state index in [1.165, 1.54) is 32.5 Å². The molecule has 12 heavy (non-hydrogen) atoms. The first-order valence-electron chi connectivity index (χ1n) is 5.21. The molecule has 1 atom stereocenters. The predicted octanol–water partition coefficient (Wildman–Crippen LogP) is 1.47. The van der Waals surface area contributed by atoms with Gasteiger partial charge in [0, 0.05) is 18.6 Å². The Balaban J connectivity index is 2.17. The van der Waals surface area contributed by atoms with Gasteiger partial charge in [-0.25, -0.2) is 0 Å². The molecular formula is C10H22N2. The summed E-state index contributed by atoms with van der Waals surface area (Å²) in [6, 6.07) is 1.48. The van der Waals surface area contributed by atoms with Crippen molar-refractivity contribution < 1.29 is 0 Å². The van der Waals surface area contributed by atoms with Crippen molar-refractivity contribution in [3.63, 3.8) is 0 Å². The molecule has 0 saturated carbocycles. The molecule has 1 unspecified atom stereocenters. The molecule has 1 heterocycles. The monoisotopic (exact) mass is 170 g/mol. The Morgan fingerprint density at radius 1 is 1.50 bits per heavy atom. The summed E-state index contributed by atoms with van der Waals surface area (Å²) in [6.45, 7) is 10.5. The minimum absolute atomic E-state index is 0.721. The number of nitrogens with one attached hydrogen (secondary N) is 1. The summed E-state index contributed by atoms with van der Waals surface area (Å²) in [5.41, 5.74) is 0. The molecule has 0 aromatic heterocycles. The Hall–Kier alpha value is -0.0800. The van der Waals surface area contributed by atoms with Crippen LogP contribution in [0.4, 0.5) is 0 Å². The van der Waals surface area contributed by atoms with Gasteiger partial charge in [-0.05, 0) is 39.8 Å². The average molecular weight is 170 g/mol. The van der Waals surface area contributed by atoms with E-state index in [2.05, 4.69) is 31.0 Å². The summed E-state index contributed by atoms with van der Waals surface area (Å²) in [5, 5.41) is 3.57. The van der Waals surface area contributed by atoms with Crippen molar-refractivity contribution >= 4 is 0 Å². The molecule has 1 saturated heterocycles. The summed E-state index contributed by atoms with van der Waals surface area (Å²) in [5.74, 6) is 0. The van der Waals surface area contributed by atoms with Crippen LogP contribution in [0.1, 0.15) is 33.6 Å². The molecule has 0 aromatic rings. The molecule has 0 aromatic carbocycles. The molecule has 0 bridgehead atoms. The quantitative estimate of drug-likeness (QED) is 0.687. The van der Waals surface area contributed by atoms with Crippen molar-refractivity contribution in [3.05, 3.63) is 0 Å². The lowest BCUT2D eigenvalue weighted by Gasteiger charge is -2.20. The van der Waals surface area contributed by atoms with E-state index in [4.69, 9.17) is 0 Å². The smallest absolute Gasteiger partial charge is 0.0207 e. The van der Waals surface area contributed by atoms with Crippen LogP contribution < -0.4 is 5.32 Å². The molecule has 1 rings (SSSR count). The largest absolute Gasteiger partial charge is 0.313 e. The van der Waals surface area contributed by atoms with Gasteiger partial charge in [-0.1, -0.05) is 6.92 Å². The minimum Gasteiger partial charge on any atom is -0.313 e. The number of nitrogens with zero attached hydrogens (tertiary/aromatic N) is 1. The van der Waals surface area contributed by atoms with Crippen LogP contribution in [0.25, 0.3) is 0 Å². The molecule has 0 aliphatic carbocycles. The Kier molecular flexibility index (Phi) is 4.02. The number of hydrogen-bond donors (Lipinski definition) is 1. The minimum atomic E-state index is 0.721. The maximum atomic E-state index is 3.57. The fraction of sp³-hybridized carbons (Fsp3) is 1.00. The zero-order chi connectivity index (χ0) is 8.97. The van der Waals surface area contributed by atoms with Gasteiger partial charge in [0.1, 0.15) is 0 Å². The van der Waals surface area contributed by atoms with E-state index >= 15 is 0 Å². The molecule has 1 N–H and O–H groups in total. The summed E-state index contributed by atoms with van der Waals surface area (Å²) < 4.78 is 0. The van der Waals surface area contributed by atoms with Crippen molar-refractivity contribution in [1.82, 2.24) is 10.2 Å². The molecule has 1 aliphatic rings. The molecule has 72 valence electrons. The van der Waals surface area contributed by atoms with Crippen LogP contribution in [0, 0.1) is 0 Å². The van der Waals surface area contributed by atoms with E-state index in [-0.39, 0.29) is 0 Å². The Morgan fingerprint density at radius 2 is 2.25 bits per heavy atom. The first-order valence-corrected chi connectivity index (χ1v) is 5.21. The van der Waals surface area contributed by atoms with E-state index in [0.717, 1.165) is 12.1 Å². The topological polar surface area (TPSA) is 15.3 Å². The maximum absolute atomic E-state index is 3.57. The van der Waals surface area contributed by atoms with Crippen molar-refractivity contribution in [1.29, 1.82) is 0 Å². The van der Waals surface area contributed by atoms with Crippen molar-refractivity contribution in [2.24, 2.45) is 0 Å². The highest BCUT2D eigenvalue weighted by Gasteiger charge is 2.22. The molecule has 0 radical (unpaired) electrons. The van der Waals surface area contributed by atoms with Gasteiger partial charge in [0.2, 0.25) is 0 Å². The molecule has 0 spiro atoms. The lowest BCUT2D eigenvalue weighted by atomic mass is 10.2. The lowest BCUT2D eigenvalue weighted by Crippen LogP contribution is -2.35. The van der Waals surface area contributed by atoms with E-state index < -0.39 is 0 Å². The SMILES string of the molecule is CCCNC1CCN(C(C)C)C1. The third kappa shape index (κ3) is 2.76. The van der Waals surface area contributed by atoms with Gasteiger partial charge in [0.15, 0.2) is 0 Å². The van der Waals surface area contributed by atoms with Gasteiger partial charge in [0.05, 0.1) is 0 Å². The first-order chi connectivity index (χ1) is 5.74. The number of hydrogen-bond acceptors (Lipinski definition) is 2. The normalized spacial score (nSPS) is 25.5. The van der Waals surface area contributed by atoms with Crippen LogP contribution in [0.3, 0.4) is 0 Å². The second-order valence-electron chi connectivity index (χ2n) is 4.03. The summed E-state index contributed by atoms with van der Waals surface area (Å²) in [4.78, 5) is 2.55. The Morgan fingerprint density at radius 3 is 2.75 bits per heavy atom. The van der Waals surface area contributed by atoms with Gasteiger partial charge in [-0.15, -0.1) is 0 Å². The van der Waals surface area contributed by atoms with Crippen LogP contribution in [0.2, 0.25) is 0 Å². The van der Waals surface area contributed by atoms with E-state index in [1.807, 2.05) is 0 Å². The molecule has 1 aliphatic heterocycles. The summed E-state index contributed by atoms with van der Waals surface area (Å²) in [7, 11) is 0. The molecule has 0 amide bonds. The van der Waals surface area contributed by atoms with Crippen LogP contribution in [-0.2, 0) is 0 Å². The molecular weight excluding hydrogens is 148 g/mol. The average Bonchev–Trinajstić information content (AvgIpc) is 2.48. The fourth-order valence-corrected chi connectivity index (χ4v) is 1.77. The fourth-order valence-electron chi connectivity index (χ4n) is 1.77. The highest BCUT2D eigenvalue weighted by Crippen LogP contribution is 2.11. The van der Waals surface area contributed by atoms with Gasteiger partial charge in [-0.2, -0.15) is 0 Å². The predicted molar refractivity (Wildman–Crippen MR) is 53.4 cm³/mol. The van der Waals surface area contributed by atoms with Gasteiger partial charge in [0.25, 0.3) is 0 Å². The number of rotatable bonds is 4. The van der Waals surface area contributed by atoms with E-state index in [1.54, 1.807) is 0 Å². The molecule has 2 heteroatoms. The van der Waals surface area contributed by atoms with Crippen LogP contribution in [0.15, 0.2) is 0 Å². The Bertz CT molecular complexity index is 123. The second-order valence-corrected chi connectivity index (χ2v) is 4.03. The maximum Gasteiger partial charge on any atom is 0.0207 e. The third-order valence-corrected chi connectivity index (χ3v) is 2.63. The van der Waals surface area contributed by atoms with Gasteiger partial charge < -0.3 is 5.32 Å². The third-order valence-electron chi connectivity index (χ3n) is 2.63.